The Morgan fingerprint density at radius 2 is 1.68 bits per heavy atom. The number of quaternary nitrogens is 1. The normalized spacial score (nSPS) is 25.3. The zero-order valence-corrected chi connectivity index (χ0v) is 36.0. The van der Waals surface area contributed by atoms with E-state index in [2.05, 4.69) is 10.3 Å². The van der Waals surface area contributed by atoms with Crippen molar-refractivity contribution in [2.24, 2.45) is 10.9 Å². The third-order valence-corrected chi connectivity index (χ3v) is 12.4. The lowest BCUT2D eigenvalue weighted by atomic mass is 9.90. The number of hydrogen-bond acceptors (Lipinski definition) is 17. The number of carbonyl (C=O) groups excluding carboxylic acids is 1. The number of aliphatic carboxylic acids is 1. The summed E-state index contributed by atoms with van der Waals surface area (Å²) >= 11 is 0. The number of phenolic OH excluding ortho intramolecular Hbond substituents is 1. The molecule has 19 heteroatoms. The van der Waals surface area contributed by atoms with E-state index in [0.29, 0.717) is 34.9 Å². The first-order valence-corrected chi connectivity index (χ1v) is 21.5. The van der Waals surface area contributed by atoms with Gasteiger partial charge in [0.25, 0.3) is 5.79 Å². The van der Waals surface area contributed by atoms with Crippen molar-refractivity contribution in [3.63, 3.8) is 0 Å². The molecule has 1 aromatic heterocycles. The molecule has 8 rings (SSSR count). The van der Waals surface area contributed by atoms with Gasteiger partial charge in [-0.15, -0.1) is 0 Å². The standard InChI is InChI=1S/C47H51N3O16/c1-24-17-25(2)19-28(18-24)37-36-27(13-15-48-36)21-50(37)66-41-39(55)40(56)42(47(61,23-52)65-44(59)35(43(57)58)46(60,14-16-51)49-29-5-3-4-6-29)64-45(41)63-31-11-12-32-34(20-31)62-22-33(38(32)54)26-7-9-30(53)10-8-26/h7-13,15,17-20,22,29,35,39-42,45,49,51-53,55-56,60-61H,3-6,14,16,21,23H2,1-2H3,(H,57,58)/p+1. The molecule has 3 aliphatic heterocycles. The summed E-state index contributed by atoms with van der Waals surface area (Å²) in [6.07, 6.45) is -3.41. The van der Waals surface area contributed by atoms with Crippen molar-refractivity contribution in [3.05, 3.63) is 111 Å². The molecule has 4 aromatic rings. The zero-order chi connectivity index (χ0) is 47.1. The van der Waals surface area contributed by atoms with Gasteiger partial charge in [0.1, 0.15) is 60.1 Å². The van der Waals surface area contributed by atoms with Crippen LogP contribution in [0.1, 0.15) is 48.8 Å². The maximum atomic E-state index is 13.9. The molecule has 9 unspecified atom stereocenters. The topological polar surface area (TPSA) is 292 Å². The molecule has 0 bridgehead atoms. The lowest BCUT2D eigenvalue weighted by Gasteiger charge is -2.46. The lowest BCUT2D eigenvalue weighted by Crippen LogP contribution is -3.08. The zero-order valence-electron chi connectivity index (χ0n) is 36.0. The van der Waals surface area contributed by atoms with Crippen molar-refractivity contribution in [2.75, 3.05) is 19.8 Å². The van der Waals surface area contributed by atoms with Crippen LogP contribution in [0.3, 0.4) is 0 Å². The van der Waals surface area contributed by atoms with Crippen LogP contribution in [0.2, 0.25) is 0 Å². The minimum absolute atomic E-state index is 0.00727. The highest BCUT2D eigenvalue weighted by Gasteiger charge is 2.60. The van der Waals surface area contributed by atoms with E-state index in [-0.39, 0.29) is 34.6 Å². The predicted molar refractivity (Wildman–Crippen MR) is 232 cm³/mol. The summed E-state index contributed by atoms with van der Waals surface area (Å²) in [5.41, 5.74) is 2.39. The van der Waals surface area contributed by atoms with Crippen LogP contribution in [0.5, 0.6) is 11.5 Å². The number of nitrogens with one attached hydrogen (secondary N) is 2. The summed E-state index contributed by atoms with van der Waals surface area (Å²) in [5, 5.41) is 90.9. The van der Waals surface area contributed by atoms with E-state index < -0.39 is 91.2 Å². The van der Waals surface area contributed by atoms with E-state index in [4.69, 9.17) is 23.5 Å². The fourth-order valence-electron chi connectivity index (χ4n) is 9.20. The second kappa shape index (κ2) is 18.8. The maximum absolute atomic E-state index is 13.9. The van der Waals surface area contributed by atoms with Crippen LogP contribution in [0, 0.1) is 19.8 Å². The van der Waals surface area contributed by atoms with Crippen molar-refractivity contribution < 1.29 is 79.0 Å². The van der Waals surface area contributed by atoms with Crippen LogP contribution in [-0.2, 0) is 23.9 Å². The van der Waals surface area contributed by atoms with Gasteiger partial charge >= 0.3 is 11.9 Å². The lowest BCUT2D eigenvalue weighted by molar-refractivity contribution is -1.04. The van der Waals surface area contributed by atoms with E-state index >= 15 is 0 Å². The molecule has 0 spiro atoms. The molecule has 0 radical (unpaired) electrons. The monoisotopic (exact) mass is 914 g/mol. The Labute approximate surface area is 377 Å². The largest absolute Gasteiger partial charge is 0.508 e. The van der Waals surface area contributed by atoms with E-state index in [1.165, 1.54) is 36.6 Å². The number of ether oxygens (including phenoxy) is 3. The Morgan fingerprint density at radius 3 is 2.35 bits per heavy atom. The van der Waals surface area contributed by atoms with Crippen LogP contribution in [0.4, 0.5) is 0 Å². The average molecular weight is 915 g/mol. The van der Waals surface area contributed by atoms with Gasteiger partial charge in [-0.2, -0.15) is 9.90 Å². The number of aromatic hydroxyl groups is 1. The molecule has 2 fully saturated rings. The summed E-state index contributed by atoms with van der Waals surface area (Å²) < 4.78 is 23.5. The quantitative estimate of drug-likeness (QED) is 0.0421. The summed E-state index contributed by atoms with van der Waals surface area (Å²) in [6, 6.07) is 15.5. The minimum Gasteiger partial charge on any atom is -0.508 e. The number of rotatable bonds is 16. The number of phenols is 1. The number of carboxylic acids is 1. The van der Waals surface area contributed by atoms with Gasteiger partial charge in [0.2, 0.25) is 12.4 Å². The maximum Gasteiger partial charge on any atom is 0.327 e. The minimum atomic E-state index is -3.31. The van der Waals surface area contributed by atoms with Crippen molar-refractivity contribution in [2.45, 2.75) is 94.2 Å². The first-order valence-electron chi connectivity index (χ1n) is 21.5. The van der Waals surface area contributed by atoms with Crippen LogP contribution in [-0.4, -0.2) is 127 Å². The van der Waals surface area contributed by atoms with E-state index in [1.807, 2.05) is 38.1 Å². The number of aryl methyl sites for hydroxylation is 2. The predicted octanol–water partition coefficient (Wildman–Crippen LogP) is 0.714. The molecule has 350 valence electrons. The van der Waals surface area contributed by atoms with E-state index in [9.17, 15) is 55.2 Å². The Bertz CT molecular complexity index is 2620. The molecule has 1 aliphatic carbocycles. The Balaban J connectivity index is 1.14. The fourth-order valence-corrected chi connectivity index (χ4v) is 9.20. The molecule has 19 nitrogen and oxygen atoms in total. The molecular formula is C47H52N3O16+. The van der Waals surface area contributed by atoms with E-state index in [1.54, 1.807) is 18.3 Å². The number of hydroxylamine groups is 2. The molecule has 4 heterocycles. The third-order valence-electron chi connectivity index (χ3n) is 12.4. The molecule has 0 amide bonds. The number of benzene rings is 3. The van der Waals surface area contributed by atoms with Crippen LogP contribution in [0.15, 0.2) is 98.5 Å². The van der Waals surface area contributed by atoms with Gasteiger partial charge < -0.3 is 59.5 Å². The van der Waals surface area contributed by atoms with Crippen LogP contribution >= 0.6 is 0 Å². The number of fused-ring (bicyclic) bond motifs is 2. The van der Waals surface area contributed by atoms with Crippen LogP contribution in [0.25, 0.3) is 27.8 Å². The van der Waals surface area contributed by atoms with Gasteiger partial charge in [-0.05, 0) is 74.7 Å². The van der Waals surface area contributed by atoms with Gasteiger partial charge in [0.05, 0.1) is 10.9 Å². The molecular weight excluding hydrogens is 863 g/mol. The Morgan fingerprint density at radius 1 is 0.970 bits per heavy atom. The number of carboxylic acid groups (broad SMARTS) is 1. The van der Waals surface area contributed by atoms with Gasteiger partial charge in [0.15, 0.2) is 23.1 Å². The summed E-state index contributed by atoms with van der Waals surface area (Å²) in [4.78, 5) is 51.3. The first-order chi connectivity index (χ1) is 31.5. The number of allylic oxidation sites excluding steroid dienone is 1. The van der Waals surface area contributed by atoms with Gasteiger partial charge in [-0.1, -0.05) is 42.2 Å². The number of aliphatic hydroxyl groups excluding tert-OH is 4. The van der Waals surface area contributed by atoms with Crippen LogP contribution < -0.4 is 20.5 Å². The highest BCUT2D eigenvalue weighted by Crippen LogP contribution is 2.36. The van der Waals surface area contributed by atoms with Crippen molar-refractivity contribution in [1.82, 2.24) is 5.32 Å². The second-order valence-electron chi connectivity index (χ2n) is 17.2. The number of esters is 1. The first kappa shape index (κ1) is 46.7. The van der Waals surface area contributed by atoms with Crippen molar-refractivity contribution >= 4 is 34.8 Å². The smallest absolute Gasteiger partial charge is 0.327 e. The Kier molecular flexibility index (Phi) is 13.3. The molecule has 66 heavy (non-hydrogen) atoms. The molecule has 1 saturated carbocycles. The number of hydrogen-bond donors (Lipinski definition) is 10. The summed E-state index contributed by atoms with van der Waals surface area (Å²) in [7, 11) is 0. The second-order valence-corrected chi connectivity index (χ2v) is 17.2. The SMILES string of the molecule is Cc1cc(C)cc(C2=C3N=CC=C3C[NH+]2OC2C(Oc3ccc4c(=O)c(-c5ccc(O)cc5)coc4c3)OC(C(O)(CO)OC(=O)C(C(=O)O)C(O)(CCO)NC3CCCC3)C(O)C2O)c1. The molecule has 4 aliphatic rings. The van der Waals surface area contributed by atoms with E-state index in [0.717, 1.165) is 35.1 Å². The van der Waals surface area contributed by atoms with Gasteiger partial charge in [-0.25, -0.2) is 4.99 Å². The van der Waals surface area contributed by atoms with Crippen molar-refractivity contribution in [3.8, 4) is 22.6 Å². The molecule has 3 aromatic carbocycles. The number of carbonyl (C=O) groups is 2. The number of aliphatic hydroxyl groups is 6. The third kappa shape index (κ3) is 9.14. The summed E-state index contributed by atoms with van der Waals surface area (Å²) in [6.45, 7) is 1.77. The van der Waals surface area contributed by atoms with Gasteiger partial charge in [0, 0.05) is 42.5 Å². The molecule has 10 N–H and O–H groups in total. The number of aliphatic imine (C=N–C) groups is 1. The molecule has 1 saturated heterocycles. The Hall–Kier alpha value is -5.84. The highest BCUT2D eigenvalue weighted by molar-refractivity contribution is 5.95. The average Bonchev–Trinajstić information content (AvgIpc) is 4.02. The fraction of sp³-hybridized carbons (Fsp3) is 0.404. The van der Waals surface area contributed by atoms with Gasteiger partial charge in [-0.3, -0.25) is 19.7 Å². The summed E-state index contributed by atoms with van der Waals surface area (Å²) in [5.74, 6) is -9.50. The molecule has 9 atom stereocenters. The van der Waals surface area contributed by atoms with Crippen molar-refractivity contribution in [1.29, 1.82) is 0 Å². The highest BCUT2D eigenvalue weighted by atomic mass is 16.8. The number of nitrogens with zero attached hydrogens (tertiary/aromatic N) is 1.